The highest BCUT2D eigenvalue weighted by Gasteiger charge is 2.42. The maximum atomic E-state index is 13.4. The van der Waals surface area contributed by atoms with Crippen LogP contribution >= 0.6 is 0 Å². The molecule has 4 N–H and O–H groups in total. The highest BCUT2D eigenvalue weighted by molar-refractivity contribution is 6.47. The summed E-state index contributed by atoms with van der Waals surface area (Å²) in [5.74, 6) is -4.01. The Labute approximate surface area is 208 Å². The molecule has 3 heterocycles. The number of rotatable bonds is 7. The van der Waals surface area contributed by atoms with Crippen molar-refractivity contribution in [3.05, 3.63) is 29.3 Å². The van der Waals surface area contributed by atoms with Crippen LogP contribution in [0.1, 0.15) is 35.7 Å². The lowest BCUT2D eigenvalue weighted by Crippen LogP contribution is -2.60. The highest BCUT2D eigenvalue weighted by Crippen LogP contribution is 2.36. The van der Waals surface area contributed by atoms with E-state index in [-0.39, 0.29) is 48.9 Å². The molecule has 4 amide bonds. The van der Waals surface area contributed by atoms with E-state index in [1.165, 1.54) is 11.0 Å². The number of aromatic carboxylic acids is 1. The molecule has 0 aliphatic carbocycles. The molecule has 2 fully saturated rings. The summed E-state index contributed by atoms with van der Waals surface area (Å²) in [5, 5.41) is 25.8. The molecule has 12 nitrogen and oxygen atoms in total. The van der Waals surface area contributed by atoms with E-state index in [0.29, 0.717) is 31.6 Å². The fraction of sp³-hybridized carbons (Fsp3) is 0.522. The van der Waals surface area contributed by atoms with Gasteiger partial charge in [-0.2, -0.15) is 0 Å². The maximum Gasteiger partial charge on any atom is 0.526 e. The van der Waals surface area contributed by atoms with E-state index in [2.05, 4.69) is 10.6 Å². The van der Waals surface area contributed by atoms with Crippen LogP contribution in [0, 0.1) is 5.92 Å². The summed E-state index contributed by atoms with van der Waals surface area (Å²) >= 11 is 0. The van der Waals surface area contributed by atoms with Gasteiger partial charge in [0.1, 0.15) is 5.75 Å². The molecule has 3 aliphatic heterocycles. The van der Waals surface area contributed by atoms with E-state index in [0.717, 1.165) is 4.90 Å². The SMILES string of the molecule is CCN1CCN(C(=O)NC(C(=O)C[C@H]2Cc3cccc(C(=O)O)c3OB2O)C2CCNC2)C(=O)C1=O. The largest absolute Gasteiger partial charge is 0.535 e. The van der Waals surface area contributed by atoms with Gasteiger partial charge < -0.3 is 30.3 Å². The second kappa shape index (κ2) is 10.7. The van der Waals surface area contributed by atoms with Gasteiger partial charge in [0.05, 0.1) is 11.6 Å². The topological polar surface area (TPSA) is 166 Å². The van der Waals surface area contributed by atoms with E-state index in [4.69, 9.17) is 4.65 Å². The number of ketones is 1. The normalized spacial score (nSPS) is 22.7. The number of piperazine rings is 1. The quantitative estimate of drug-likeness (QED) is 0.286. The zero-order chi connectivity index (χ0) is 26.0. The number of urea groups is 1. The van der Waals surface area contributed by atoms with Crippen LogP contribution in [0.2, 0.25) is 5.82 Å². The first kappa shape index (κ1) is 25.6. The number of nitrogens with zero attached hydrogens (tertiary/aromatic N) is 2. The molecule has 36 heavy (non-hydrogen) atoms. The second-order valence-electron chi connectivity index (χ2n) is 9.26. The fourth-order valence-corrected chi connectivity index (χ4v) is 5.02. The third-order valence-electron chi connectivity index (χ3n) is 7.05. The minimum atomic E-state index is -1.40. The number of benzene rings is 1. The van der Waals surface area contributed by atoms with Crippen molar-refractivity contribution in [2.75, 3.05) is 32.7 Å². The third kappa shape index (κ3) is 5.07. The van der Waals surface area contributed by atoms with Crippen LogP contribution in [0.5, 0.6) is 5.75 Å². The minimum Gasteiger partial charge on any atom is -0.535 e. The molecule has 0 aromatic heterocycles. The molecule has 0 radical (unpaired) electrons. The van der Waals surface area contributed by atoms with Crippen LogP contribution in [-0.4, -0.2) is 95.4 Å². The Morgan fingerprint density at radius 2 is 2.03 bits per heavy atom. The Kier molecular flexibility index (Phi) is 7.60. The van der Waals surface area contributed by atoms with Crippen LogP contribution in [0.25, 0.3) is 0 Å². The predicted octanol–water partition coefficient (Wildman–Crippen LogP) is -0.492. The number of likely N-dealkylation sites (N-methyl/N-ethyl adjacent to an activating group) is 1. The van der Waals surface area contributed by atoms with E-state index in [1.807, 2.05) is 0 Å². The molecular formula is C23H29BN4O8. The number of carboxylic acid groups (broad SMARTS) is 1. The van der Waals surface area contributed by atoms with Crippen LogP contribution in [-0.2, 0) is 20.8 Å². The van der Waals surface area contributed by atoms with Crippen molar-refractivity contribution < 1.29 is 38.8 Å². The lowest BCUT2D eigenvalue weighted by atomic mass is 9.64. The Balaban J connectivity index is 1.47. The Bertz CT molecular complexity index is 1080. The van der Waals surface area contributed by atoms with Crippen molar-refractivity contribution in [2.24, 2.45) is 5.92 Å². The zero-order valence-corrected chi connectivity index (χ0v) is 19.9. The molecule has 2 saturated heterocycles. The molecule has 3 aliphatic rings. The molecule has 192 valence electrons. The molecular weight excluding hydrogens is 471 g/mol. The summed E-state index contributed by atoms with van der Waals surface area (Å²) in [5.41, 5.74) is 0.500. The number of hydrogen-bond acceptors (Lipinski definition) is 8. The number of hydrogen-bond donors (Lipinski definition) is 4. The number of imide groups is 1. The second-order valence-corrected chi connectivity index (χ2v) is 9.26. The fourth-order valence-electron chi connectivity index (χ4n) is 5.02. The third-order valence-corrected chi connectivity index (χ3v) is 7.05. The molecule has 3 atom stereocenters. The van der Waals surface area contributed by atoms with Gasteiger partial charge in [-0.3, -0.25) is 19.3 Å². The predicted molar refractivity (Wildman–Crippen MR) is 126 cm³/mol. The van der Waals surface area contributed by atoms with Crippen molar-refractivity contribution in [2.45, 2.75) is 38.0 Å². The van der Waals surface area contributed by atoms with Gasteiger partial charge in [-0.15, -0.1) is 0 Å². The van der Waals surface area contributed by atoms with Gasteiger partial charge in [-0.25, -0.2) is 9.59 Å². The van der Waals surface area contributed by atoms with Crippen molar-refractivity contribution >= 4 is 36.7 Å². The van der Waals surface area contributed by atoms with Crippen molar-refractivity contribution in [3.63, 3.8) is 0 Å². The highest BCUT2D eigenvalue weighted by atomic mass is 16.5. The monoisotopic (exact) mass is 500 g/mol. The zero-order valence-electron chi connectivity index (χ0n) is 19.9. The van der Waals surface area contributed by atoms with Gasteiger partial charge in [0, 0.05) is 38.4 Å². The molecule has 0 spiro atoms. The number of para-hydroxylation sites is 1. The van der Waals surface area contributed by atoms with E-state index >= 15 is 0 Å². The van der Waals surface area contributed by atoms with Gasteiger partial charge in [-0.05, 0) is 43.9 Å². The van der Waals surface area contributed by atoms with Gasteiger partial charge in [0.25, 0.3) is 0 Å². The van der Waals surface area contributed by atoms with E-state index in [9.17, 15) is 34.1 Å². The summed E-state index contributed by atoms with van der Waals surface area (Å²) in [6, 6.07) is 2.91. The van der Waals surface area contributed by atoms with Gasteiger partial charge >= 0.3 is 30.9 Å². The number of carbonyl (C=O) groups is 5. The first-order chi connectivity index (χ1) is 17.2. The standard InChI is InChI=1S/C23H29BN4O8/c1-2-27-8-9-28(21(31)20(27)30)23(34)26-18(14-6-7-25-12-14)17(29)11-15-10-13-4-3-5-16(22(32)33)19(13)36-24(15)35/h3-5,14-15,18,25,35H,2,6-12H2,1H3,(H,26,34)(H,32,33)/t14?,15-,18?/m1/s1. The number of fused-ring (bicyclic) bond motifs is 1. The lowest BCUT2D eigenvalue weighted by molar-refractivity contribution is -0.153. The molecule has 0 saturated carbocycles. The first-order valence-electron chi connectivity index (χ1n) is 12.1. The molecule has 4 rings (SSSR count). The van der Waals surface area contributed by atoms with Crippen molar-refractivity contribution in [1.29, 1.82) is 0 Å². The molecule has 13 heteroatoms. The number of nitrogens with one attached hydrogen (secondary N) is 2. The molecule has 0 bridgehead atoms. The Morgan fingerprint density at radius 3 is 2.69 bits per heavy atom. The van der Waals surface area contributed by atoms with Gasteiger partial charge in [0.15, 0.2) is 5.78 Å². The van der Waals surface area contributed by atoms with Crippen LogP contribution in [0.15, 0.2) is 18.2 Å². The summed E-state index contributed by atoms with van der Waals surface area (Å²) < 4.78 is 5.49. The summed E-state index contributed by atoms with van der Waals surface area (Å²) in [4.78, 5) is 64.7. The van der Waals surface area contributed by atoms with Gasteiger partial charge in [-0.1, -0.05) is 12.1 Å². The van der Waals surface area contributed by atoms with Crippen LogP contribution in [0.4, 0.5) is 4.79 Å². The summed E-state index contributed by atoms with van der Waals surface area (Å²) in [6.07, 6.45) is 0.719. The van der Waals surface area contributed by atoms with Crippen molar-refractivity contribution in [3.8, 4) is 5.75 Å². The first-order valence-corrected chi connectivity index (χ1v) is 12.1. The Morgan fingerprint density at radius 1 is 1.25 bits per heavy atom. The summed E-state index contributed by atoms with van der Waals surface area (Å²) in [7, 11) is -1.40. The lowest BCUT2D eigenvalue weighted by Gasteiger charge is -2.34. The minimum absolute atomic E-state index is 0.0337. The number of Topliss-reactive ketones (excluding diaryl/α,β-unsaturated/α-hetero) is 1. The van der Waals surface area contributed by atoms with E-state index < -0.39 is 42.8 Å². The maximum absolute atomic E-state index is 13.4. The number of carboxylic acids is 1. The van der Waals surface area contributed by atoms with Crippen LogP contribution < -0.4 is 15.3 Å². The average Bonchev–Trinajstić information content (AvgIpc) is 3.38. The average molecular weight is 500 g/mol. The van der Waals surface area contributed by atoms with Crippen LogP contribution in [0.3, 0.4) is 0 Å². The van der Waals surface area contributed by atoms with Gasteiger partial charge in [0.2, 0.25) is 0 Å². The molecule has 1 aromatic carbocycles. The summed E-state index contributed by atoms with van der Waals surface area (Å²) in [6.45, 7) is 3.51. The van der Waals surface area contributed by atoms with Crippen molar-refractivity contribution in [1.82, 2.24) is 20.4 Å². The molecule has 1 aromatic rings. The number of amides is 4. The smallest absolute Gasteiger partial charge is 0.526 e. The van der Waals surface area contributed by atoms with E-state index in [1.54, 1.807) is 19.1 Å². The Hall–Kier alpha value is -3.45. The molecule has 2 unspecified atom stereocenters. The number of carbonyl (C=O) groups excluding carboxylic acids is 4.